The van der Waals surface area contributed by atoms with Crippen molar-refractivity contribution in [3.8, 4) is 24.7 Å². The average molecular weight is 285 g/mol. The molecule has 1 saturated carbocycles. The number of aliphatic hydroxyl groups excluding tert-OH is 1. The van der Waals surface area contributed by atoms with Crippen LogP contribution in [0.5, 0.6) is 0 Å². The Hall–Kier alpha value is -1.22. The fraction of sp³-hybridized carbons (Fsp3) is 0.684. The lowest BCUT2D eigenvalue weighted by Crippen LogP contribution is -2.62. The summed E-state index contributed by atoms with van der Waals surface area (Å²) in [6, 6.07) is 0.474. The van der Waals surface area contributed by atoms with Crippen molar-refractivity contribution in [2.24, 2.45) is 5.92 Å². The Labute approximate surface area is 129 Å². The molecule has 2 unspecified atom stereocenters. The van der Waals surface area contributed by atoms with Crippen LogP contribution in [-0.2, 0) is 0 Å². The summed E-state index contributed by atoms with van der Waals surface area (Å²) in [5.41, 5.74) is 0.0847. The van der Waals surface area contributed by atoms with Gasteiger partial charge in [-0.15, -0.1) is 18.8 Å². The minimum Gasteiger partial charge on any atom is -0.393 e. The number of rotatable bonds is 4. The van der Waals surface area contributed by atoms with Crippen LogP contribution in [0.4, 0.5) is 0 Å². The number of terminal acetylenes is 2. The van der Waals surface area contributed by atoms with Crippen molar-refractivity contribution in [2.45, 2.75) is 75.5 Å². The van der Waals surface area contributed by atoms with E-state index in [1.807, 2.05) is 0 Å². The number of hydrogen-bond acceptors (Lipinski definition) is 2. The topological polar surface area (TPSA) is 32.3 Å². The van der Waals surface area contributed by atoms with Gasteiger partial charge in [-0.25, -0.2) is 0 Å². The van der Waals surface area contributed by atoms with Crippen LogP contribution in [0, 0.1) is 30.6 Å². The summed E-state index contributed by atoms with van der Waals surface area (Å²) < 4.78 is 0. The van der Waals surface area contributed by atoms with Crippen molar-refractivity contribution in [3.63, 3.8) is 0 Å². The monoisotopic (exact) mass is 285 g/mol. The summed E-state index contributed by atoms with van der Waals surface area (Å²) in [5.74, 6) is 5.58. The molecular weight excluding hydrogens is 258 g/mol. The molecule has 2 aliphatic rings. The van der Waals surface area contributed by atoms with Crippen LogP contribution in [0.25, 0.3) is 0 Å². The smallest absolute Gasteiger partial charge is 0.0586 e. The standard InChI is InChI=1S/C19H27NO/c1-3-5-7-10-16-11-8-14-19(20-16)15-9-13-18(21)17(19)12-6-4-2/h1-2,5,7,16-18,20-21H,6,8-15H2/b7-5-/t16-,17?,18?,19-/m1/s1. The predicted molar refractivity (Wildman–Crippen MR) is 87.5 cm³/mol. The highest BCUT2D eigenvalue weighted by atomic mass is 16.3. The maximum atomic E-state index is 10.5. The summed E-state index contributed by atoms with van der Waals surface area (Å²) in [5, 5.41) is 14.3. The van der Waals surface area contributed by atoms with Crippen LogP contribution in [0.15, 0.2) is 12.2 Å². The molecule has 1 aliphatic carbocycles. The zero-order chi connectivity index (χ0) is 15.1. The molecule has 0 radical (unpaired) electrons. The molecule has 4 atom stereocenters. The van der Waals surface area contributed by atoms with E-state index in [9.17, 15) is 5.11 Å². The Balaban J connectivity index is 2.07. The highest BCUT2D eigenvalue weighted by Crippen LogP contribution is 2.43. The van der Waals surface area contributed by atoms with E-state index in [0.717, 1.165) is 44.9 Å². The molecule has 0 aromatic heterocycles. The SMILES string of the molecule is C#C/C=C\C[C@@H]1CCC[C@]2(CCCC(O)C2CCC#C)N1. The van der Waals surface area contributed by atoms with E-state index in [2.05, 4.69) is 23.2 Å². The van der Waals surface area contributed by atoms with E-state index in [0.29, 0.717) is 12.0 Å². The third-order valence-electron chi connectivity index (χ3n) is 5.20. The summed E-state index contributed by atoms with van der Waals surface area (Å²) in [7, 11) is 0. The number of aliphatic hydroxyl groups is 1. The van der Waals surface area contributed by atoms with Gasteiger partial charge >= 0.3 is 0 Å². The van der Waals surface area contributed by atoms with Gasteiger partial charge in [0.05, 0.1) is 6.10 Å². The zero-order valence-corrected chi connectivity index (χ0v) is 12.9. The first kappa shape index (κ1) is 16.2. The zero-order valence-electron chi connectivity index (χ0n) is 12.9. The molecule has 114 valence electrons. The van der Waals surface area contributed by atoms with Gasteiger partial charge in [-0.1, -0.05) is 18.4 Å². The summed E-state index contributed by atoms with van der Waals surface area (Å²) >= 11 is 0. The van der Waals surface area contributed by atoms with E-state index in [4.69, 9.17) is 12.8 Å². The molecule has 2 fully saturated rings. The molecule has 0 aromatic carbocycles. The van der Waals surface area contributed by atoms with Gasteiger partial charge in [0.25, 0.3) is 0 Å². The fourth-order valence-corrected chi connectivity index (χ4v) is 4.27. The van der Waals surface area contributed by atoms with E-state index in [1.54, 1.807) is 6.08 Å². The lowest BCUT2D eigenvalue weighted by molar-refractivity contribution is -0.0230. The normalized spacial score (nSPS) is 36.4. The van der Waals surface area contributed by atoms with Crippen molar-refractivity contribution in [1.29, 1.82) is 0 Å². The summed E-state index contributed by atoms with van der Waals surface area (Å²) in [6.45, 7) is 0. The van der Waals surface area contributed by atoms with Crippen molar-refractivity contribution in [3.05, 3.63) is 12.2 Å². The second-order valence-electron chi connectivity index (χ2n) is 6.50. The third kappa shape index (κ3) is 3.91. The number of nitrogens with one attached hydrogen (secondary N) is 1. The molecule has 0 amide bonds. The minimum absolute atomic E-state index is 0.0847. The number of piperidine rings is 1. The summed E-state index contributed by atoms with van der Waals surface area (Å²) in [6.07, 6.45) is 23.8. The van der Waals surface area contributed by atoms with Crippen molar-refractivity contribution in [1.82, 2.24) is 5.32 Å². The van der Waals surface area contributed by atoms with Crippen LogP contribution in [0.3, 0.4) is 0 Å². The molecule has 1 spiro atoms. The number of allylic oxidation sites excluding steroid dienone is 1. The largest absolute Gasteiger partial charge is 0.393 e. The first-order valence-electron chi connectivity index (χ1n) is 8.22. The van der Waals surface area contributed by atoms with Crippen LogP contribution in [0.1, 0.15) is 57.8 Å². The van der Waals surface area contributed by atoms with Crippen LogP contribution in [0.2, 0.25) is 0 Å². The fourth-order valence-electron chi connectivity index (χ4n) is 4.27. The van der Waals surface area contributed by atoms with Crippen LogP contribution in [-0.4, -0.2) is 22.8 Å². The lowest BCUT2D eigenvalue weighted by Gasteiger charge is -2.52. The second-order valence-corrected chi connectivity index (χ2v) is 6.50. The van der Waals surface area contributed by atoms with Gasteiger partial charge < -0.3 is 10.4 Å². The maximum absolute atomic E-state index is 10.5. The van der Waals surface area contributed by atoms with Gasteiger partial charge in [-0.2, -0.15) is 0 Å². The quantitative estimate of drug-likeness (QED) is 0.778. The Bertz CT molecular complexity index is 437. The molecule has 1 saturated heterocycles. The molecule has 21 heavy (non-hydrogen) atoms. The molecule has 1 heterocycles. The van der Waals surface area contributed by atoms with Gasteiger partial charge in [-0.3, -0.25) is 0 Å². The minimum atomic E-state index is -0.209. The van der Waals surface area contributed by atoms with E-state index >= 15 is 0 Å². The molecule has 2 rings (SSSR count). The van der Waals surface area contributed by atoms with Gasteiger partial charge in [-0.05, 0) is 51.0 Å². The Morgan fingerprint density at radius 3 is 2.71 bits per heavy atom. The van der Waals surface area contributed by atoms with E-state index in [-0.39, 0.29) is 11.6 Å². The third-order valence-corrected chi connectivity index (χ3v) is 5.20. The van der Waals surface area contributed by atoms with Crippen LogP contribution >= 0.6 is 0 Å². The molecule has 0 aromatic rings. The van der Waals surface area contributed by atoms with E-state index < -0.39 is 0 Å². The van der Waals surface area contributed by atoms with Gasteiger partial charge in [0.15, 0.2) is 0 Å². The highest BCUT2D eigenvalue weighted by Gasteiger charge is 2.46. The first-order valence-corrected chi connectivity index (χ1v) is 8.22. The molecule has 1 aliphatic heterocycles. The Kier molecular flexibility index (Phi) is 5.92. The first-order chi connectivity index (χ1) is 10.2. The van der Waals surface area contributed by atoms with Crippen LogP contribution < -0.4 is 5.32 Å². The summed E-state index contributed by atoms with van der Waals surface area (Å²) in [4.78, 5) is 0. The van der Waals surface area contributed by atoms with Gasteiger partial charge in [0.2, 0.25) is 0 Å². The Morgan fingerprint density at radius 2 is 2.00 bits per heavy atom. The lowest BCUT2D eigenvalue weighted by atomic mass is 9.65. The molecule has 2 heteroatoms. The highest BCUT2D eigenvalue weighted by molar-refractivity contribution is 5.11. The molecule has 0 bridgehead atoms. The van der Waals surface area contributed by atoms with E-state index in [1.165, 1.54) is 12.8 Å². The molecule has 2 N–H and O–H groups in total. The predicted octanol–water partition coefficient (Wildman–Crippen LogP) is 3.02. The second kappa shape index (κ2) is 7.69. The Morgan fingerprint density at radius 1 is 1.24 bits per heavy atom. The van der Waals surface area contributed by atoms with Crippen molar-refractivity contribution >= 4 is 0 Å². The van der Waals surface area contributed by atoms with Crippen molar-refractivity contribution < 1.29 is 5.11 Å². The maximum Gasteiger partial charge on any atom is 0.0586 e. The number of hydrogen-bond donors (Lipinski definition) is 2. The van der Waals surface area contributed by atoms with Crippen molar-refractivity contribution in [2.75, 3.05) is 0 Å². The average Bonchev–Trinajstić information content (AvgIpc) is 2.47. The van der Waals surface area contributed by atoms with Gasteiger partial charge in [0, 0.05) is 23.9 Å². The van der Waals surface area contributed by atoms with Gasteiger partial charge in [0.1, 0.15) is 0 Å². The molecular formula is C19H27NO. The molecule has 2 nitrogen and oxygen atoms in total.